The van der Waals surface area contributed by atoms with Crippen LogP contribution >= 0.6 is 11.3 Å². The lowest BCUT2D eigenvalue weighted by Gasteiger charge is -2.39. The molecule has 52 heavy (non-hydrogen) atoms. The molecule has 2 aliphatic rings. The topological polar surface area (TPSA) is 39.9 Å². The first-order valence-corrected chi connectivity index (χ1v) is 18.4. The molecule has 1 aliphatic carbocycles. The Balaban J connectivity index is 1.22. The normalized spacial score (nSPS) is 13.7. The predicted octanol–water partition coefficient (Wildman–Crippen LogP) is 12.1. The van der Waals surface area contributed by atoms with Gasteiger partial charge in [-0.2, -0.15) is 0 Å². The van der Waals surface area contributed by atoms with Gasteiger partial charge in [0.2, 0.25) is 5.95 Å². The predicted molar refractivity (Wildman–Crippen MR) is 212 cm³/mol. The molecule has 4 nitrogen and oxygen atoms in total. The van der Waals surface area contributed by atoms with Crippen LogP contribution in [0.4, 0.5) is 0 Å². The fraction of sp³-hybridized carbons (Fsp3) is 0.0213. The molecular weight excluding hydrogens is 655 g/mol. The van der Waals surface area contributed by atoms with Crippen molar-refractivity contribution in [3.8, 4) is 39.8 Å². The van der Waals surface area contributed by atoms with Crippen molar-refractivity contribution in [3.05, 3.63) is 186 Å². The van der Waals surface area contributed by atoms with E-state index < -0.39 is 5.41 Å². The summed E-state index contributed by atoms with van der Waals surface area (Å²) in [7, 11) is 0. The Labute approximate surface area is 302 Å². The highest BCUT2D eigenvalue weighted by Crippen LogP contribution is 2.63. The molecule has 3 aromatic heterocycles. The Morgan fingerprint density at radius 2 is 1.17 bits per heavy atom. The van der Waals surface area contributed by atoms with Crippen LogP contribution in [0.15, 0.2) is 164 Å². The van der Waals surface area contributed by atoms with E-state index in [0.29, 0.717) is 5.95 Å². The summed E-state index contributed by atoms with van der Waals surface area (Å²) in [6.45, 7) is 0. The lowest BCUT2D eigenvalue weighted by atomic mass is 9.66. The standard InChI is InChI=1S/C47H27N3OS/c1-2-14-28(15-3-1)42-45-43(32-19-7-13-25-40(32)52-45)49-46(48-42)50-37-23-11-6-18-31(37)41-38(50)27-26-36-44(41)51-39-24-12-10-22-35(39)47(36)33-20-8-4-16-29(33)30-17-5-9-21-34(30)47/h1-27H. The summed E-state index contributed by atoms with van der Waals surface area (Å²) in [6, 6.07) is 58.5. The van der Waals surface area contributed by atoms with Gasteiger partial charge in [-0.1, -0.05) is 140 Å². The highest BCUT2D eigenvalue weighted by Gasteiger charge is 2.51. The molecule has 10 aromatic rings. The van der Waals surface area contributed by atoms with Crippen LogP contribution in [0.1, 0.15) is 22.3 Å². The van der Waals surface area contributed by atoms with E-state index in [4.69, 9.17) is 14.7 Å². The van der Waals surface area contributed by atoms with Crippen LogP contribution in [0, 0.1) is 0 Å². The van der Waals surface area contributed by atoms with Crippen molar-refractivity contribution in [1.82, 2.24) is 14.5 Å². The number of nitrogens with zero attached hydrogens (tertiary/aromatic N) is 3. The number of ether oxygens (including phenoxy) is 1. The summed E-state index contributed by atoms with van der Waals surface area (Å²) in [6.07, 6.45) is 0. The second-order valence-electron chi connectivity index (χ2n) is 13.6. The second kappa shape index (κ2) is 10.3. The zero-order valence-electron chi connectivity index (χ0n) is 27.7. The van der Waals surface area contributed by atoms with Gasteiger partial charge in [-0.05, 0) is 46.5 Å². The molecule has 0 atom stereocenters. The molecule has 12 rings (SSSR count). The first kappa shape index (κ1) is 28.2. The number of rotatable bonds is 2. The van der Waals surface area contributed by atoms with Gasteiger partial charge in [0.25, 0.3) is 0 Å². The highest BCUT2D eigenvalue weighted by molar-refractivity contribution is 7.26. The lowest BCUT2D eigenvalue weighted by Crippen LogP contribution is -2.32. The summed E-state index contributed by atoms with van der Waals surface area (Å²) in [5.74, 6) is 2.39. The van der Waals surface area contributed by atoms with E-state index in [2.05, 4.69) is 168 Å². The number of hydrogen-bond acceptors (Lipinski definition) is 4. The van der Waals surface area contributed by atoms with Crippen molar-refractivity contribution in [3.63, 3.8) is 0 Å². The molecule has 0 amide bonds. The quantitative estimate of drug-likeness (QED) is 0.182. The maximum absolute atomic E-state index is 7.12. The zero-order chi connectivity index (χ0) is 34.0. The lowest BCUT2D eigenvalue weighted by molar-refractivity contribution is 0.442. The Kier molecular flexibility index (Phi) is 5.55. The summed E-state index contributed by atoms with van der Waals surface area (Å²) in [5.41, 5.74) is 11.9. The van der Waals surface area contributed by atoms with Crippen molar-refractivity contribution >= 4 is 53.4 Å². The fourth-order valence-corrected chi connectivity index (χ4v) is 10.2. The maximum Gasteiger partial charge on any atom is 0.235 e. The highest BCUT2D eigenvalue weighted by atomic mass is 32.1. The number of thiophene rings is 1. The van der Waals surface area contributed by atoms with Gasteiger partial charge < -0.3 is 4.74 Å². The van der Waals surface area contributed by atoms with Crippen molar-refractivity contribution in [2.45, 2.75) is 5.41 Å². The number of aromatic nitrogens is 3. The SMILES string of the molecule is c1ccc(-c2nc(-n3c4ccccc4c4c5c(ccc43)C3(c4ccccc4O5)c4ccccc4-c4ccccc43)nc3c2sc2ccccc23)cc1. The Morgan fingerprint density at radius 3 is 1.98 bits per heavy atom. The Bertz CT molecular complexity index is 3070. The minimum absolute atomic E-state index is 0.541. The van der Waals surface area contributed by atoms with Gasteiger partial charge in [-0.3, -0.25) is 4.57 Å². The molecule has 5 heteroatoms. The van der Waals surface area contributed by atoms with Crippen LogP contribution < -0.4 is 4.74 Å². The number of para-hydroxylation sites is 2. The van der Waals surface area contributed by atoms with Crippen LogP contribution in [-0.4, -0.2) is 14.5 Å². The molecule has 0 radical (unpaired) electrons. The summed E-state index contributed by atoms with van der Waals surface area (Å²) < 4.78 is 11.6. The Hall–Kier alpha value is -6.56. The van der Waals surface area contributed by atoms with Crippen LogP contribution in [0.3, 0.4) is 0 Å². The Morgan fingerprint density at radius 1 is 0.519 bits per heavy atom. The number of fused-ring (bicyclic) bond motifs is 16. The zero-order valence-corrected chi connectivity index (χ0v) is 28.6. The molecule has 7 aromatic carbocycles. The maximum atomic E-state index is 7.12. The van der Waals surface area contributed by atoms with Gasteiger partial charge in [-0.15, -0.1) is 11.3 Å². The van der Waals surface area contributed by atoms with Gasteiger partial charge in [0, 0.05) is 32.2 Å². The van der Waals surface area contributed by atoms with E-state index in [9.17, 15) is 0 Å². The first-order valence-electron chi connectivity index (χ1n) is 17.6. The van der Waals surface area contributed by atoms with Crippen molar-refractivity contribution in [1.29, 1.82) is 0 Å². The second-order valence-corrected chi connectivity index (χ2v) is 14.7. The summed E-state index contributed by atoms with van der Waals surface area (Å²) >= 11 is 1.75. The van der Waals surface area contributed by atoms with Crippen LogP contribution in [-0.2, 0) is 5.41 Å². The molecule has 0 saturated heterocycles. The molecule has 0 fully saturated rings. The third-order valence-electron chi connectivity index (χ3n) is 11.1. The van der Waals surface area contributed by atoms with E-state index in [1.165, 1.54) is 27.0 Å². The summed E-state index contributed by atoms with van der Waals surface area (Å²) in [4.78, 5) is 10.8. The summed E-state index contributed by atoms with van der Waals surface area (Å²) in [5, 5.41) is 3.30. The molecule has 242 valence electrons. The first-order chi connectivity index (χ1) is 25.8. The molecule has 0 unspecified atom stereocenters. The third kappa shape index (κ3) is 3.50. The van der Waals surface area contributed by atoms with Crippen LogP contribution in [0.5, 0.6) is 11.5 Å². The monoisotopic (exact) mass is 681 g/mol. The van der Waals surface area contributed by atoms with Gasteiger partial charge in [0.05, 0.1) is 37.7 Å². The average Bonchev–Trinajstić information content (AvgIpc) is 3.85. The molecule has 0 saturated carbocycles. The van der Waals surface area contributed by atoms with E-state index in [1.807, 2.05) is 0 Å². The van der Waals surface area contributed by atoms with Crippen LogP contribution in [0.2, 0.25) is 0 Å². The minimum atomic E-state index is -0.541. The molecular formula is C47H27N3OS. The van der Waals surface area contributed by atoms with Crippen molar-refractivity contribution < 1.29 is 4.74 Å². The fourth-order valence-electron chi connectivity index (χ4n) is 9.05. The molecule has 0 bridgehead atoms. The molecule has 1 aliphatic heterocycles. The molecule has 1 spiro atoms. The number of benzene rings is 7. The van der Waals surface area contributed by atoms with E-state index in [1.54, 1.807) is 11.3 Å². The van der Waals surface area contributed by atoms with Gasteiger partial charge in [0.1, 0.15) is 11.5 Å². The van der Waals surface area contributed by atoms with Gasteiger partial charge in [0.15, 0.2) is 0 Å². The molecule has 0 N–H and O–H groups in total. The molecule has 4 heterocycles. The third-order valence-corrected chi connectivity index (χ3v) is 12.3. The van der Waals surface area contributed by atoms with Gasteiger partial charge >= 0.3 is 0 Å². The average molecular weight is 682 g/mol. The van der Waals surface area contributed by atoms with Gasteiger partial charge in [-0.25, -0.2) is 9.97 Å². The van der Waals surface area contributed by atoms with E-state index in [-0.39, 0.29) is 0 Å². The van der Waals surface area contributed by atoms with Crippen molar-refractivity contribution in [2.75, 3.05) is 0 Å². The van der Waals surface area contributed by atoms with Crippen LogP contribution in [0.25, 0.3) is 70.4 Å². The minimum Gasteiger partial charge on any atom is -0.456 e. The smallest absolute Gasteiger partial charge is 0.235 e. The largest absolute Gasteiger partial charge is 0.456 e. The van der Waals surface area contributed by atoms with E-state index in [0.717, 1.165) is 71.3 Å². The van der Waals surface area contributed by atoms with Crippen molar-refractivity contribution in [2.24, 2.45) is 0 Å². The van der Waals surface area contributed by atoms with E-state index >= 15 is 0 Å². The number of hydrogen-bond donors (Lipinski definition) is 0.